The van der Waals surface area contributed by atoms with Crippen molar-refractivity contribution in [2.24, 2.45) is 4.99 Å². The highest BCUT2D eigenvalue weighted by atomic mass is 16.6. The lowest BCUT2D eigenvalue weighted by molar-refractivity contribution is -0.131. The van der Waals surface area contributed by atoms with Crippen LogP contribution in [0, 0.1) is 0 Å². The van der Waals surface area contributed by atoms with E-state index in [2.05, 4.69) is 20.9 Å². The second-order valence-corrected chi connectivity index (χ2v) is 12.3. The topological polar surface area (TPSA) is 143 Å². The monoisotopic (exact) mass is 677 g/mol. The molecule has 0 aliphatic carbocycles. The second-order valence-electron chi connectivity index (χ2n) is 12.3. The normalized spacial score (nSPS) is 25.3. The van der Waals surface area contributed by atoms with Gasteiger partial charge in [0.15, 0.2) is 12.3 Å². The number of nitrogens with one attached hydrogen (secondary N) is 3. The highest BCUT2D eigenvalue weighted by molar-refractivity contribution is 5.95. The summed E-state index contributed by atoms with van der Waals surface area (Å²) < 4.78 is 24.5. The molecule has 12 heteroatoms. The van der Waals surface area contributed by atoms with Crippen molar-refractivity contribution < 1.29 is 33.6 Å². The molecule has 0 saturated carbocycles. The Morgan fingerprint density at radius 1 is 0.920 bits per heavy atom. The van der Waals surface area contributed by atoms with Crippen molar-refractivity contribution >= 4 is 18.2 Å². The Morgan fingerprint density at radius 3 is 2.32 bits per heavy atom. The smallest absolute Gasteiger partial charge is 0.253 e. The number of aliphatic imine (C=N–C) groups is 1. The van der Waals surface area contributed by atoms with Gasteiger partial charge in [0.25, 0.3) is 11.8 Å². The molecule has 3 heterocycles. The first-order valence-electron chi connectivity index (χ1n) is 16.4. The molecular weight excluding hydrogens is 638 g/mol. The van der Waals surface area contributed by atoms with E-state index in [1.165, 1.54) is 0 Å². The molecule has 3 aliphatic rings. The first kappa shape index (κ1) is 33.2. The number of carbonyl (C=O) groups is 2. The maximum absolute atomic E-state index is 13.0. The molecule has 12 nitrogen and oxygen atoms in total. The maximum Gasteiger partial charge on any atom is 0.253 e. The third-order valence-corrected chi connectivity index (χ3v) is 9.34. The molecule has 3 aliphatic heterocycles. The number of aliphatic hydroxyl groups excluding tert-OH is 1. The summed E-state index contributed by atoms with van der Waals surface area (Å²) in [6.07, 6.45) is -1.87. The minimum Gasteiger partial charge on any atom is -0.497 e. The molecular formula is C38H39N5O7. The van der Waals surface area contributed by atoms with E-state index >= 15 is 0 Å². The van der Waals surface area contributed by atoms with Gasteiger partial charge in [-0.1, -0.05) is 72.8 Å². The van der Waals surface area contributed by atoms with Crippen LogP contribution in [0.5, 0.6) is 11.5 Å². The zero-order chi connectivity index (χ0) is 34.7. The van der Waals surface area contributed by atoms with Crippen molar-refractivity contribution in [3.8, 4) is 11.5 Å². The molecule has 2 fully saturated rings. The van der Waals surface area contributed by atoms with Gasteiger partial charge in [0.2, 0.25) is 0 Å². The third kappa shape index (κ3) is 6.41. The number of nitrogens with zero attached hydrogens (tertiary/aromatic N) is 2. The lowest BCUT2D eigenvalue weighted by Crippen LogP contribution is -2.71. The van der Waals surface area contributed by atoms with Crippen molar-refractivity contribution in [3.63, 3.8) is 0 Å². The van der Waals surface area contributed by atoms with Gasteiger partial charge < -0.3 is 39.6 Å². The van der Waals surface area contributed by atoms with Crippen molar-refractivity contribution in [2.45, 2.75) is 49.0 Å². The summed E-state index contributed by atoms with van der Waals surface area (Å²) >= 11 is 0. The minimum atomic E-state index is -1.11. The van der Waals surface area contributed by atoms with Crippen LogP contribution in [0.4, 0.5) is 0 Å². The molecule has 4 aromatic carbocycles. The van der Waals surface area contributed by atoms with Gasteiger partial charge in [-0.15, -0.1) is 0 Å². The number of hydrogen-bond donors (Lipinski definition) is 4. The van der Waals surface area contributed by atoms with E-state index in [1.54, 1.807) is 49.7 Å². The number of rotatable bonds is 11. The number of benzene rings is 4. The molecule has 4 N–H and O–H groups in total. The molecule has 7 unspecified atom stereocenters. The van der Waals surface area contributed by atoms with Crippen LogP contribution >= 0.6 is 0 Å². The standard InChI is InChI=1S/C38H39N5O7/c1-47-28-18-16-26(17-19-28)38(25-12-7-4-8-13-25,27-14-9-15-29(20-27)48-2)49-22-31-30(44)21-32(50-31)43-23-39-33-34(43)40-37(42-36(33)46)41-35(45)24-10-5-3-6-11-24/h3-20,23,30-34,37,40,44H,21-22H2,1-2H3,(H,41,45)(H,42,46). The maximum atomic E-state index is 13.0. The van der Waals surface area contributed by atoms with Crippen molar-refractivity contribution in [1.82, 2.24) is 20.9 Å². The molecule has 7 atom stereocenters. The van der Waals surface area contributed by atoms with Gasteiger partial charge in [-0.05, 0) is 53.1 Å². The van der Waals surface area contributed by atoms with Gasteiger partial charge in [0.05, 0.1) is 33.3 Å². The molecule has 0 radical (unpaired) electrons. The van der Waals surface area contributed by atoms with Crippen LogP contribution in [-0.2, 0) is 19.9 Å². The SMILES string of the molecule is COc1ccc(C(OCC2OC(N3C=NC4C(=O)NC(NC(=O)c5ccccc5)NC43)CC2O)(c2ccccc2)c2cccc(OC)c2)cc1. The van der Waals surface area contributed by atoms with Crippen LogP contribution in [0.3, 0.4) is 0 Å². The van der Waals surface area contributed by atoms with Gasteiger partial charge in [-0.3, -0.25) is 19.9 Å². The average molecular weight is 678 g/mol. The molecule has 4 aromatic rings. The Balaban J connectivity index is 1.12. The summed E-state index contributed by atoms with van der Waals surface area (Å²) in [4.78, 5) is 32.1. The molecule has 2 amide bonds. The number of fused-ring (bicyclic) bond motifs is 1. The number of aliphatic hydroxyl groups is 1. The van der Waals surface area contributed by atoms with E-state index in [0.717, 1.165) is 16.7 Å². The van der Waals surface area contributed by atoms with Crippen molar-refractivity contribution in [1.29, 1.82) is 0 Å². The van der Waals surface area contributed by atoms with E-state index < -0.39 is 42.5 Å². The minimum absolute atomic E-state index is 0.0263. The van der Waals surface area contributed by atoms with Gasteiger partial charge >= 0.3 is 0 Å². The van der Waals surface area contributed by atoms with Crippen LogP contribution in [0.1, 0.15) is 33.5 Å². The Kier molecular flexibility index (Phi) is 9.50. The van der Waals surface area contributed by atoms with E-state index in [-0.39, 0.29) is 24.8 Å². The van der Waals surface area contributed by atoms with Crippen LogP contribution in [0.15, 0.2) is 114 Å². The van der Waals surface area contributed by atoms with Gasteiger partial charge in [-0.2, -0.15) is 0 Å². The Morgan fingerprint density at radius 2 is 1.60 bits per heavy atom. The zero-order valence-electron chi connectivity index (χ0n) is 27.6. The van der Waals surface area contributed by atoms with E-state index in [4.69, 9.17) is 18.9 Å². The molecule has 258 valence electrons. The van der Waals surface area contributed by atoms with Crippen molar-refractivity contribution in [2.75, 3.05) is 20.8 Å². The van der Waals surface area contributed by atoms with Gasteiger partial charge in [0.1, 0.15) is 35.6 Å². The quantitative estimate of drug-likeness (QED) is 0.176. The third-order valence-electron chi connectivity index (χ3n) is 9.34. The number of amides is 2. The summed E-state index contributed by atoms with van der Waals surface area (Å²) in [5, 5.41) is 20.2. The number of carbonyl (C=O) groups excluding carboxylic acids is 2. The summed E-state index contributed by atoms with van der Waals surface area (Å²) in [7, 11) is 3.24. The predicted octanol–water partition coefficient (Wildman–Crippen LogP) is 2.96. The average Bonchev–Trinajstić information content (AvgIpc) is 3.76. The molecule has 0 aromatic heterocycles. The molecule has 50 heavy (non-hydrogen) atoms. The fraction of sp³-hybridized carbons (Fsp3) is 0.289. The van der Waals surface area contributed by atoms with Gasteiger partial charge in [-0.25, -0.2) is 0 Å². The second kappa shape index (κ2) is 14.3. The Bertz CT molecular complexity index is 1830. The zero-order valence-corrected chi connectivity index (χ0v) is 27.6. The first-order chi connectivity index (χ1) is 24.4. The predicted molar refractivity (Wildman–Crippen MR) is 184 cm³/mol. The lowest BCUT2D eigenvalue weighted by atomic mass is 9.80. The van der Waals surface area contributed by atoms with Crippen molar-refractivity contribution in [3.05, 3.63) is 131 Å². The van der Waals surface area contributed by atoms with Crippen LogP contribution in [-0.4, -0.2) is 85.9 Å². The fourth-order valence-corrected chi connectivity index (χ4v) is 6.78. The summed E-state index contributed by atoms with van der Waals surface area (Å²) in [6.45, 7) is 0.0263. The summed E-state index contributed by atoms with van der Waals surface area (Å²) in [5.41, 5.74) is 1.89. The van der Waals surface area contributed by atoms with Crippen LogP contribution < -0.4 is 25.4 Å². The molecule has 0 spiro atoms. The largest absolute Gasteiger partial charge is 0.497 e. The first-order valence-corrected chi connectivity index (χ1v) is 16.4. The van der Waals surface area contributed by atoms with E-state index in [0.29, 0.717) is 17.1 Å². The van der Waals surface area contributed by atoms with E-state index in [1.807, 2.05) is 84.9 Å². The lowest BCUT2D eigenvalue weighted by Gasteiger charge is -2.39. The molecule has 0 bridgehead atoms. The van der Waals surface area contributed by atoms with Crippen LogP contribution in [0.2, 0.25) is 0 Å². The van der Waals surface area contributed by atoms with Gasteiger partial charge in [0, 0.05) is 12.0 Å². The fourth-order valence-electron chi connectivity index (χ4n) is 6.78. The number of ether oxygens (including phenoxy) is 4. The number of hydrogen-bond acceptors (Lipinski definition) is 10. The highest BCUT2D eigenvalue weighted by Crippen LogP contribution is 2.43. The summed E-state index contributed by atoms with van der Waals surface area (Å²) in [5.74, 6) is 0.695. The Labute approximate surface area is 290 Å². The van der Waals surface area contributed by atoms with E-state index in [9.17, 15) is 14.7 Å². The van der Waals surface area contributed by atoms with Crippen LogP contribution in [0.25, 0.3) is 0 Å². The Hall–Kier alpha value is -5.27. The highest BCUT2D eigenvalue weighted by Gasteiger charge is 2.49. The molecule has 2 saturated heterocycles. The summed E-state index contributed by atoms with van der Waals surface area (Å²) in [6, 6.07) is 33.3. The molecule has 7 rings (SSSR count). The number of methoxy groups -OCH3 is 2.